The average Bonchev–Trinajstić information content (AvgIpc) is 2.54. The molecule has 3 heteroatoms. The second-order valence-corrected chi connectivity index (χ2v) is 4.20. The molecule has 0 aromatic heterocycles. The highest BCUT2D eigenvalue weighted by Gasteiger charge is 2.35. The first kappa shape index (κ1) is 11.0. The molecule has 0 aromatic rings. The van der Waals surface area contributed by atoms with Gasteiger partial charge in [-0.25, -0.2) is 0 Å². The Morgan fingerprint density at radius 2 is 2.31 bits per heavy atom. The predicted octanol–water partition coefficient (Wildman–Crippen LogP) is 0.727. The standard InChI is InChI=1S/C10H21NO2/c1-3-5-11(2)7-10(8-12)4-6-13-9-10/h12H,3-9H2,1-2H3. The van der Waals surface area contributed by atoms with Gasteiger partial charge in [0.25, 0.3) is 0 Å². The Bertz CT molecular complexity index is 144. The maximum atomic E-state index is 9.33. The van der Waals surface area contributed by atoms with Crippen LogP contribution in [0, 0.1) is 5.41 Å². The highest BCUT2D eigenvalue weighted by molar-refractivity contribution is 4.85. The van der Waals surface area contributed by atoms with Crippen molar-refractivity contribution in [3.8, 4) is 0 Å². The van der Waals surface area contributed by atoms with Crippen LogP contribution in [0.3, 0.4) is 0 Å². The van der Waals surface area contributed by atoms with Crippen LogP contribution in [0.5, 0.6) is 0 Å². The molecule has 3 nitrogen and oxygen atoms in total. The fraction of sp³-hybridized carbons (Fsp3) is 1.00. The number of rotatable bonds is 5. The van der Waals surface area contributed by atoms with Crippen molar-refractivity contribution in [3.63, 3.8) is 0 Å². The largest absolute Gasteiger partial charge is 0.396 e. The molecule has 0 aromatic carbocycles. The van der Waals surface area contributed by atoms with Gasteiger partial charge in [0.1, 0.15) is 0 Å². The third kappa shape index (κ3) is 2.93. The van der Waals surface area contributed by atoms with E-state index in [9.17, 15) is 5.11 Å². The lowest BCUT2D eigenvalue weighted by molar-refractivity contribution is 0.0645. The minimum Gasteiger partial charge on any atom is -0.396 e. The van der Waals surface area contributed by atoms with Crippen LogP contribution in [0.1, 0.15) is 19.8 Å². The molecule has 0 saturated carbocycles. The van der Waals surface area contributed by atoms with Crippen LogP contribution in [-0.4, -0.2) is 50.0 Å². The smallest absolute Gasteiger partial charge is 0.0557 e. The quantitative estimate of drug-likeness (QED) is 0.688. The maximum absolute atomic E-state index is 9.33. The summed E-state index contributed by atoms with van der Waals surface area (Å²) >= 11 is 0. The molecule has 0 spiro atoms. The van der Waals surface area contributed by atoms with Crippen LogP contribution in [0.25, 0.3) is 0 Å². The SMILES string of the molecule is CCCN(C)CC1(CO)CCOC1. The predicted molar refractivity (Wildman–Crippen MR) is 52.7 cm³/mol. The van der Waals surface area contributed by atoms with Crippen molar-refractivity contribution in [2.45, 2.75) is 19.8 Å². The summed E-state index contributed by atoms with van der Waals surface area (Å²) in [6.45, 7) is 6.01. The average molecular weight is 187 g/mol. The molecular weight excluding hydrogens is 166 g/mol. The Morgan fingerprint density at radius 3 is 2.77 bits per heavy atom. The van der Waals surface area contributed by atoms with E-state index in [1.807, 2.05) is 0 Å². The summed E-state index contributed by atoms with van der Waals surface area (Å²) in [5.74, 6) is 0. The molecule has 1 unspecified atom stereocenters. The lowest BCUT2D eigenvalue weighted by Crippen LogP contribution is -2.39. The van der Waals surface area contributed by atoms with Crippen molar-refractivity contribution in [1.82, 2.24) is 4.90 Å². The van der Waals surface area contributed by atoms with Crippen LogP contribution in [0.15, 0.2) is 0 Å². The molecule has 1 atom stereocenters. The van der Waals surface area contributed by atoms with Gasteiger partial charge in [-0.05, 0) is 26.4 Å². The van der Waals surface area contributed by atoms with E-state index in [0.29, 0.717) is 0 Å². The van der Waals surface area contributed by atoms with Crippen molar-refractivity contribution in [1.29, 1.82) is 0 Å². The minimum absolute atomic E-state index is 0.0178. The molecule has 0 radical (unpaired) electrons. The third-order valence-electron chi connectivity index (χ3n) is 2.73. The number of ether oxygens (including phenoxy) is 1. The first-order chi connectivity index (χ1) is 6.22. The molecule has 1 rings (SSSR count). The Morgan fingerprint density at radius 1 is 1.54 bits per heavy atom. The van der Waals surface area contributed by atoms with Crippen molar-refractivity contribution in [3.05, 3.63) is 0 Å². The van der Waals surface area contributed by atoms with E-state index in [1.165, 1.54) is 6.42 Å². The van der Waals surface area contributed by atoms with Gasteiger partial charge in [-0.15, -0.1) is 0 Å². The van der Waals surface area contributed by atoms with E-state index >= 15 is 0 Å². The van der Waals surface area contributed by atoms with Gasteiger partial charge in [-0.2, -0.15) is 0 Å². The summed E-state index contributed by atoms with van der Waals surface area (Å²) in [6.07, 6.45) is 2.16. The summed E-state index contributed by atoms with van der Waals surface area (Å²) in [5.41, 5.74) is 0.0178. The molecule has 0 bridgehead atoms. The Labute approximate surface area is 80.7 Å². The topological polar surface area (TPSA) is 32.7 Å². The Balaban J connectivity index is 2.38. The lowest BCUT2D eigenvalue weighted by Gasteiger charge is -2.30. The van der Waals surface area contributed by atoms with E-state index in [4.69, 9.17) is 4.74 Å². The van der Waals surface area contributed by atoms with Gasteiger partial charge in [0.15, 0.2) is 0 Å². The Hall–Kier alpha value is -0.120. The molecule has 78 valence electrons. The van der Waals surface area contributed by atoms with Crippen molar-refractivity contribution in [2.75, 3.05) is 40.0 Å². The van der Waals surface area contributed by atoms with Crippen LogP contribution in [0.2, 0.25) is 0 Å². The number of aliphatic hydroxyl groups excluding tert-OH is 1. The van der Waals surface area contributed by atoms with Gasteiger partial charge >= 0.3 is 0 Å². The zero-order valence-corrected chi connectivity index (χ0v) is 8.75. The van der Waals surface area contributed by atoms with E-state index < -0.39 is 0 Å². The van der Waals surface area contributed by atoms with E-state index in [-0.39, 0.29) is 12.0 Å². The summed E-state index contributed by atoms with van der Waals surface area (Å²) in [5, 5.41) is 9.33. The zero-order valence-electron chi connectivity index (χ0n) is 8.75. The van der Waals surface area contributed by atoms with Crippen molar-refractivity contribution >= 4 is 0 Å². The highest BCUT2D eigenvalue weighted by Crippen LogP contribution is 2.28. The second-order valence-electron chi connectivity index (χ2n) is 4.20. The monoisotopic (exact) mass is 187 g/mol. The molecule has 13 heavy (non-hydrogen) atoms. The number of aliphatic hydroxyl groups is 1. The van der Waals surface area contributed by atoms with Crippen molar-refractivity contribution < 1.29 is 9.84 Å². The normalized spacial score (nSPS) is 28.6. The zero-order chi connectivity index (χ0) is 9.73. The fourth-order valence-corrected chi connectivity index (χ4v) is 1.98. The first-order valence-corrected chi connectivity index (χ1v) is 5.09. The van der Waals surface area contributed by atoms with Gasteiger partial charge < -0.3 is 14.7 Å². The second kappa shape index (κ2) is 4.94. The molecule has 0 aliphatic carbocycles. The van der Waals surface area contributed by atoms with Gasteiger partial charge in [0, 0.05) is 18.6 Å². The molecular formula is C10H21NO2. The fourth-order valence-electron chi connectivity index (χ4n) is 1.98. The van der Waals surface area contributed by atoms with Gasteiger partial charge in [-0.3, -0.25) is 0 Å². The molecule has 1 saturated heterocycles. The van der Waals surface area contributed by atoms with E-state index in [2.05, 4.69) is 18.9 Å². The maximum Gasteiger partial charge on any atom is 0.0557 e. The summed E-state index contributed by atoms with van der Waals surface area (Å²) < 4.78 is 5.34. The molecule has 1 aliphatic rings. The molecule has 1 aliphatic heterocycles. The van der Waals surface area contributed by atoms with Crippen LogP contribution < -0.4 is 0 Å². The van der Waals surface area contributed by atoms with Gasteiger partial charge in [-0.1, -0.05) is 6.92 Å². The Kier molecular flexibility index (Phi) is 4.16. The summed E-state index contributed by atoms with van der Waals surface area (Å²) in [4.78, 5) is 2.28. The first-order valence-electron chi connectivity index (χ1n) is 5.09. The number of hydrogen-bond donors (Lipinski definition) is 1. The van der Waals surface area contributed by atoms with Crippen LogP contribution in [-0.2, 0) is 4.74 Å². The van der Waals surface area contributed by atoms with E-state index in [0.717, 1.165) is 32.7 Å². The molecule has 1 fully saturated rings. The molecule has 1 heterocycles. The van der Waals surface area contributed by atoms with E-state index in [1.54, 1.807) is 0 Å². The number of nitrogens with zero attached hydrogens (tertiary/aromatic N) is 1. The van der Waals surface area contributed by atoms with Crippen LogP contribution in [0.4, 0.5) is 0 Å². The van der Waals surface area contributed by atoms with Crippen LogP contribution >= 0.6 is 0 Å². The lowest BCUT2D eigenvalue weighted by atomic mass is 9.88. The minimum atomic E-state index is 0.0178. The van der Waals surface area contributed by atoms with Crippen molar-refractivity contribution in [2.24, 2.45) is 5.41 Å². The summed E-state index contributed by atoms with van der Waals surface area (Å²) in [6, 6.07) is 0. The molecule has 0 amide bonds. The third-order valence-corrected chi connectivity index (χ3v) is 2.73. The number of hydrogen-bond acceptors (Lipinski definition) is 3. The van der Waals surface area contributed by atoms with Gasteiger partial charge in [0.05, 0.1) is 13.2 Å². The summed E-state index contributed by atoms with van der Waals surface area (Å²) in [7, 11) is 2.11. The van der Waals surface area contributed by atoms with Gasteiger partial charge in [0.2, 0.25) is 0 Å². The highest BCUT2D eigenvalue weighted by atomic mass is 16.5. The molecule has 1 N–H and O–H groups in total.